The number of carbonyl (C=O) groups excluding carboxylic acids is 1. The van der Waals surface area contributed by atoms with Gasteiger partial charge in [-0.05, 0) is 55.8 Å². The fourth-order valence-corrected chi connectivity index (χ4v) is 7.25. The Hall–Kier alpha value is -3.45. The van der Waals surface area contributed by atoms with E-state index in [1.165, 1.54) is 41.7 Å². The van der Waals surface area contributed by atoms with E-state index in [0.29, 0.717) is 24.5 Å². The molecule has 1 fully saturated rings. The van der Waals surface area contributed by atoms with Gasteiger partial charge in [0.25, 0.3) is 10.0 Å². The topological polar surface area (TPSA) is 122 Å². The summed E-state index contributed by atoms with van der Waals surface area (Å²) in [6.07, 6.45) is 0. The summed E-state index contributed by atoms with van der Waals surface area (Å²) in [7, 11) is -6.56. The fraction of sp³-hybridized carbons (Fsp3) is 0.296. The molecule has 0 aliphatic carbocycles. The zero-order chi connectivity index (χ0) is 28.2. The van der Waals surface area contributed by atoms with Crippen LogP contribution in [0, 0.1) is 13.8 Å². The molecule has 1 heterocycles. The molecule has 0 atom stereocenters. The molecule has 12 heteroatoms. The summed E-state index contributed by atoms with van der Waals surface area (Å²) < 4.78 is 66.6. The number of anilines is 2. The van der Waals surface area contributed by atoms with Crippen molar-refractivity contribution in [1.82, 2.24) is 4.31 Å². The van der Waals surface area contributed by atoms with E-state index in [-0.39, 0.29) is 34.3 Å². The van der Waals surface area contributed by atoms with Crippen molar-refractivity contribution in [1.29, 1.82) is 0 Å². The minimum absolute atomic E-state index is 0.0244. The first-order chi connectivity index (χ1) is 18.5. The van der Waals surface area contributed by atoms with Crippen LogP contribution >= 0.6 is 0 Å². The summed E-state index contributed by atoms with van der Waals surface area (Å²) in [6, 6.07) is 17.3. The van der Waals surface area contributed by atoms with Gasteiger partial charge in [0.2, 0.25) is 15.9 Å². The molecule has 3 aromatic rings. The van der Waals surface area contributed by atoms with Gasteiger partial charge in [0.05, 0.1) is 41.5 Å². The largest absolute Gasteiger partial charge is 0.495 e. The average Bonchev–Trinajstić information content (AvgIpc) is 2.93. The number of sulfonamides is 2. The maximum atomic E-state index is 13.7. The molecule has 3 aromatic carbocycles. The Morgan fingerprint density at radius 2 is 1.64 bits per heavy atom. The Morgan fingerprint density at radius 3 is 2.28 bits per heavy atom. The van der Waals surface area contributed by atoms with Crippen molar-refractivity contribution in [2.75, 3.05) is 49.6 Å². The van der Waals surface area contributed by atoms with Gasteiger partial charge in [-0.25, -0.2) is 16.8 Å². The second-order valence-corrected chi connectivity index (χ2v) is 12.8. The third-order valence-electron chi connectivity index (χ3n) is 6.29. The number of hydrogen-bond donors (Lipinski definition) is 1. The van der Waals surface area contributed by atoms with Crippen LogP contribution in [0.3, 0.4) is 0 Å². The van der Waals surface area contributed by atoms with Crippen molar-refractivity contribution >= 4 is 37.3 Å². The van der Waals surface area contributed by atoms with Crippen LogP contribution in [0.15, 0.2) is 76.5 Å². The van der Waals surface area contributed by atoms with Gasteiger partial charge in [0, 0.05) is 13.1 Å². The molecule has 10 nitrogen and oxygen atoms in total. The maximum Gasteiger partial charge on any atom is 0.264 e. The lowest BCUT2D eigenvalue weighted by Crippen LogP contribution is -2.40. The third-order valence-corrected chi connectivity index (χ3v) is 9.96. The van der Waals surface area contributed by atoms with Gasteiger partial charge in [-0.3, -0.25) is 9.10 Å². The minimum atomic E-state index is -4.11. The SMILES string of the molecule is COc1ccc(S(=O)(=O)N2CCOCC2)cc1NC(=O)CN(c1ccc(C)cc1C)S(=O)(=O)c1ccccc1. The summed E-state index contributed by atoms with van der Waals surface area (Å²) in [6.45, 7) is 4.15. The first kappa shape index (κ1) is 28.6. The molecule has 1 saturated heterocycles. The molecule has 1 aliphatic heterocycles. The highest BCUT2D eigenvalue weighted by Gasteiger charge is 2.30. The summed E-state index contributed by atoms with van der Waals surface area (Å²) in [5, 5.41) is 2.65. The number of amides is 1. The molecule has 0 radical (unpaired) electrons. The monoisotopic (exact) mass is 573 g/mol. The summed E-state index contributed by atoms with van der Waals surface area (Å²) in [4.78, 5) is 13.3. The Labute approximate surface area is 229 Å². The number of benzene rings is 3. The smallest absolute Gasteiger partial charge is 0.264 e. The number of aryl methyl sites for hydroxylation is 2. The van der Waals surface area contributed by atoms with Gasteiger partial charge in [0.15, 0.2) is 0 Å². The molecule has 0 bridgehead atoms. The van der Waals surface area contributed by atoms with Crippen LogP contribution in [0.4, 0.5) is 11.4 Å². The standard InChI is InChI=1S/C27H31N3O7S2/c1-20-9-11-25(21(2)17-20)30(39(34,35)22-7-5-4-6-8-22)19-27(31)28-24-18-23(10-12-26(24)36-3)38(32,33)29-13-15-37-16-14-29/h4-12,17-18H,13-16,19H2,1-3H3,(H,28,31). The lowest BCUT2D eigenvalue weighted by atomic mass is 10.1. The van der Waals surface area contributed by atoms with Crippen LogP contribution < -0.4 is 14.4 Å². The number of nitrogens with zero attached hydrogens (tertiary/aromatic N) is 2. The molecule has 208 valence electrons. The van der Waals surface area contributed by atoms with Crippen molar-refractivity contribution < 1.29 is 31.1 Å². The lowest BCUT2D eigenvalue weighted by Gasteiger charge is -2.27. The van der Waals surface area contributed by atoms with Crippen molar-refractivity contribution in [3.05, 3.63) is 77.9 Å². The first-order valence-corrected chi connectivity index (χ1v) is 15.1. The molecular weight excluding hydrogens is 542 g/mol. The number of carbonyl (C=O) groups is 1. The molecule has 1 N–H and O–H groups in total. The molecule has 4 rings (SSSR count). The molecule has 0 spiro atoms. The first-order valence-electron chi connectivity index (χ1n) is 12.2. The molecule has 1 amide bonds. The van der Waals surface area contributed by atoms with E-state index in [9.17, 15) is 21.6 Å². The third kappa shape index (κ3) is 6.25. The molecule has 0 unspecified atom stereocenters. The molecule has 39 heavy (non-hydrogen) atoms. The van der Waals surface area contributed by atoms with Crippen molar-refractivity contribution in [2.24, 2.45) is 0 Å². The minimum Gasteiger partial charge on any atom is -0.495 e. The zero-order valence-corrected chi connectivity index (χ0v) is 23.6. The zero-order valence-electron chi connectivity index (χ0n) is 22.0. The fourth-order valence-electron chi connectivity index (χ4n) is 4.31. The Kier molecular flexibility index (Phi) is 8.60. The van der Waals surface area contributed by atoms with Gasteiger partial charge in [0.1, 0.15) is 12.3 Å². The summed E-state index contributed by atoms with van der Waals surface area (Å²) in [5.41, 5.74) is 2.09. The number of hydrogen-bond acceptors (Lipinski definition) is 7. The summed E-state index contributed by atoms with van der Waals surface area (Å²) >= 11 is 0. The second kappa shape index (κ2) is 11.7. The number of morpholine rings is 1. The highest BCUT2D eigenvalue weighted by Crippen LogP contribution is 2.31. The van der Waals surface area contributed by atoms with Gasteiger partial charge < -0.3 is 14.8 Å². The van der Waals surface area contributed by atoms with E-state index in [2.05, 4.69) is 5.32 Å². The highest BCUT2D eigenvalue weighted by atomic mass is 32.2. The van der Waals surface area contributed by atoms with E-state index in [1.54, 1.807) is 37.3 Å². The molecule has 1 aliphatic rings. The van der Waals surface area contributed by atoms with Gasteiger partial charge in [-0.1, -0.05) is 35.9 Å². The van der Waals surface area contributed by atoms with E-state index in [0.717, 1.165) is 9.87 Å². The number of ether oxygens (including phenoxy) is 2. The van der Waals surface area contributed by atoms with Crippen LogP contribution in [0.1, 0.15) is 11.1 Å². The quantitative estimate of drug-likeness (QED) is 0.417. The Balaban J connectivity index is 1.67. The van der Waals surface area contributed by atoms with E-state index >= 15 is 0 Å². The number of rotatable bonds is 9. The van der Waals surface area contributed by atoms with E-state index in [4.69, 9.17) is 9.47 Å². The highest BCUT2D eigenvalue weighted by molar-refractivity contribution is 7.92. The van der Waals surface area contributed by atoms with Crippen LogP contribution in [0.25, 0.3) is 0 Å². The van der Waals surface area contributed by atoms with Crippen molar-refractivity contribution in [3.8, 4) is 5.75 Å². The average molecular weight is 574 g/mol. The van der Waals surface area contributed by atoms with Crippen LogP contribution in [-0.2, 0) is 29.6 Å². The normalized spacial score (nSPS) is 14.5. The predicted molar refractivity (Wildman–Crippen MR) is 148 cm³/mol. The second-order valence-electron chi connectivity index (χ2n) is 9.04. The predicted octanol–water partition coefficient (Wildman–Crippen LogP) is 3.17. The Morgan fingerprint density at radius 1 is 0.949 bits per heavy atom. The van der Waals surface area contributed by atoms with Crippen LogP contribution in [0.5, 0.6) is 5.75 Å². The van der Waals surface area contributed by atoms with E-state index < -0.39 is 32.5 Å². The van der Waals surface area contributed by atoms with E-state index in [1.807, 2.05) is 13.0 Å². The van der Waals surface area contributed by atoms with Gasteiger partial charge in [-0.2, -0.15) is 4.31 Å². The molecular formula is C27H31N3O7S2. The molecule has 0 aromatic heterocycles. The number of methoxy groups -OCH3 is 1. The van der Waals surface area contributed by atoms with Crippen LogP contribution in [-0.4, -0.2) is 67.0 Å². The van der Waals surface area contributed by atoms with Gasteiger partial charge >= 0.3 is 0 Å². The number of nitrogens with one attached hydrogen (secondary N) is 1. The Bertz CT molecular complexity index is 1550. The molecule has 0 saturated carbocycles. The van der Waals surface area contributed by atoms with Gasteiger partial charge in [-0.15, -0.1) is 0 Å². The van der Waals surface area contributed by atoms with Crippen molar-refractivity contribution in [3.63, 3.8) is 0 Å². The van der Waals surface area contributed by atoms with Crippen molar-refractivity contribution in [2.45, 2.75) is 23.6 Å². The summed E-state index contributed by atoms with van der Waals surface area (Å²) in [5.74, 6) is -0.443. The lowest BCUT2D eigenvalue weighted by molar-refractivity contribution is -0.114. The van der Waals surface area contributed by atoms with Crippen LogP contribution in [0.2, 0.25) is 0 Å². The maximum absolute atomic E-state index is 13.7.